The molecular weight excluding hydrogens is 326 g/mol. The standard InChI is InChI=1S/C19H22ClNO3/c1-2-23-17-11-5-3-8-15(17)9-7-13-21-19(22)14-24-18-12-6-4-10-16(18)20/h3-6,8,10-12H,2,7,9,13-14H2,1H3,(H,21,22). The van der Waals surface area contributed by atoms with E-state index in [2.05, 4.69) is 5.32 Å². The number of aryl methyl sites for hydroxylation is 1. The van der Waals surface area contributed by atoms with Gasteiger partial charge in [-0.2, -0.15) is 0 Å². The molecule has 24 heavy (non-hydrogen) atoms. The summed E-state index contributed by atoms with van der Waals surface area (Å²) in [5.41, 5.74) is 1.15. The Morgan fingerprint density at radius 1 is 1.04 bits per heavy atom. The highest BCUT2D eigenvalue weighted by Crippen LogP contribution is 2.22. The molecule has 2 aromatic carbocycles. The zero-order valence-electron chi connectivity index (χ0n) is 13.8. The molecule has 0 radical (unpaired) electrons. The number of halogens is 1. The van der Waals surface area contributed by atoms with E-state index in [4.69, 9.17) is 21.1 Å². The van der Waals surface area contributed by atoms with Gasteiger partial charge in [-0.1, -0.05) is 41.9 Å². The van der Waals surface area contributed by atoms with Crippen LogP contribution in [0.4, 0.5) is 0 Å². The minimum Gasteiger partial charge on any atom is -0.494 e. The summed E-state index contributed by atoms with van der Waals surface area (Å²) in [6.45, 7) is 3.16. The second kappa shape index (κ2) is 9.83. The van der Waals surface area contributed by atoms with Gasteiger partial charge in [0.2, 0.25) is 0 Å². The minimum absolute atomic E-state index is 0.0424. The molecule has 1 amide bonds. The van der Waals surface area contributed by atoms with Crippen LogP contribution in [0.1, 0.15) is 18.9 Å². The molecule has 0 saturated carbocycles. The molecule has 0 spiro atoms. The normalized spacial score (nSPS) is 10.2. The molecule has 2 rings (SSSR count). The van der Waals surface area contributed by atoms with Crippen molar-refractivity contribution in [2.45, 2.75) is 19.8 Å². The fourth-order valence-electron chi connectivity index (χ4n) is 2.27. The highest BCUT2D eigenvalue weighted by atomic mass is 35.5. The van der Waals surface area contributed by atoms with Gasteiger partial charge in [-0.05, 0) is 43.5 Å². The van der Waals surface area contributed by atoms with E-state index in [9.17, 15) is 4.79 Å². The number of amides is 1. The Morgan fingerprint density at radius 2 is 1.75 bits per heavy atom. The van der Waals surface area contributed by atoms with Crippen molar-refractivity contribution in [1.82, 2.24) is 5.32 Å². The van der Waals surface area contributed by atoms with E-state index in [1.54, 1.807) is 12.1 Å². The summed E-state index contributed by atoms with van der Waals surface area (Å²) in [5, 5.41) is 3.34. The lowest BCUT2D eigenvalue weighted by Gasteiger charge is -2.11. The van der Waals surface area contributed by atoms with E-state index in [-0.39, 0.29) is 12.5 Å². The van der Waals surface area contributed by atoms with Crippen LogP contribution in [-0.4, -0.2) is 25.7 Å². The largest absolute Gasteiger partial charge is 0.494 e. The molecule has 0 bridgehead atoms. The Morgan fingerprint density at radius 3 is 2.50 bits per heavy atom. The molecule has 4 nitrogen and oxygen atoms in total. The predicted octanol–water partition coefficient (Wildman–Crippen LogP) is 3.87. The van der Waals surface area contributed by atoms with Crippen LogP contribution in [-0.2, 0) is 11.2 Å². The third-order valence-electron chi connectivity index (χ3n) is 3.41. The molecule has 1 N–H and O–H groups in total. The fraction of sp³-hybridized carbons (Fsp3) is 0.316. The van der Waals surface area contributed by atoms with Crippen molar-refractivity contribution in [3.05, 3.63) is 59.1 Å². The number of hydrogen-bond acceptors (Lipinski definition) is 3. The van der Waals surface area contributed by atoms with Crippen LogP contribution in [0.2, 0.25) is 5.02 Å². The smallest absolute Gasteiger partial charge is 0.257 e. The van der Waals surface area contributed by atoms with Crippen molar-refractivity contribution < 1.29 is 14.3 Å². The molecule has 0 aromatic heterocycles. The third kappa shape index (κ3) is 5.78. The van der Waals surface area contributed by atoms with Crippen LogP contribution in [0.5, 0.6) is 11.5 Å². The van der Waals surface area contributed by atoms with Crippen LogP contribution in [0.25, 0.3) is 0 Å². The van der Waals surface area contributed by atoms with Crippen molar-refractivity contribution in [2.24, 2.45) is 0 Å². The van der Waals surface area contributed by atoms with Crippen LogP contribution in [0.3, 0.4) is 0 Å². The molecule has 0 fully saturated rings. The van der Waals surface area contributed by atoms with Crippen LogP contribution in [0.15, 0.2) is 48.5 Å². The molecule has 2 aromatic rings. The average Bonchev–Trinajstić information content (AvgIpc) is 2.59. The maximum Gasteiger partial charge on any atom is 0.257 e. The van der Waals surface area contributed by atoms with Gasteiger partial charge in [0.15, 0.2) is 6.61 Å². The first-order chi connectivity index (χ1) is 11.7. The summed E-state index contributed by atoms with van der Waals surface area (Å²) in [6.07, 6.45) is 1.68. The topological polar surface area (TPSA) is 47.6 Å². The van der Waals surface area contributed by atoms with Gasteiger partial charge in [-0.15, -0.1) is 0 Å². The number of ether oxygens (including phenoxy) is 2. The summed E-state index contributed by atoms with van der Waals surface area (Å²) in [7, 11) is 0. The van der Waals surface area contributed by atoms with Crippen molar-refractivity contribution >= 4 is 17.5 Å². The summed E-state index contributed by atoms with van der Waals surface area (Å²) >= 11 is 5.97. The van der Waals surface area contributed by atoms with Crippen molar-refractivity contribution in [1.29, 1.82) is 0 Å². The minimum atomic E-state index is -0.159. The molecule has 5 heteroatoms. The lowest BCUT2D eigenvalue weighted by atomic mass is 10.1. The second-order valence-electron chi connectivity index (χ2n) is 5.21. The van der Waals surface area contributed by atoms with Crippen LogP contribution >= 0.6 is 11.6 Å². The van der Waals surface area contributed by atoms with Gasteiger partial charge in [-0.3, -0.25) is 4.79 Å². The highest BCUT2D eigenvalue weighted by molar-refractivity contribution is 6.32. The Kier molecular flexibility index (Phi) is 7.43. The molecule has 0 atom stereocenters. The summed E-state index contributed by atoms with van der Waals surface area (Å²) in [4.78, 5) is 11.8. The van der Waals surface area contributed by atoms with Crippen molar-refractivity contribution in [2.75, 3.05) is 19.8 Å². The summed E-state index contributed by atoms with van der Waals surface area (Å²) in [6, 6.07) is 15.1. The molecule has 0 aliphatic carbocycles. The molecule has 0 heterocycles. The molecule has 128 valence electrons. The number of carbonyl (C=O) groups is 1. The quantitative estimate of drug-likeness (QED) is 0.700. The third-order valence-corrected chi connectivity index (χ3v) is 3.73. The van der Waals surface area contributed by atoms with Gasteiger partial charge < -0.3 is 14.8 Å². The van der Waals surface area contributed by atoms with Crippen molar-refractivity contribution in [3.8, 4) is 11.5 Å². The van der Waals surface area contributed by atoms with Crippen molar-refractivity contribution in [3.63, 3.8) is 0 Å². The first-order valence-corrected chi connectivity index (χ1v) is 8.43. The zero-order chi connectivity index (χ0) is 17.2. The summed E-state index contributed by atoms with van der Waals surface area (Å²) < 4.78 is 11.0. The van der Waals surface area contributed by atoms with E-state index >= 15 is 0 Å². The molecule has 0 unspecified atom stereocenters. The highest BCUT2D eigenvalue weighted by Gasteiger charge is 2.06. The van der Waals surface area contributed by atoms with E-state index in [0.717, 1.165) is 24.2 Å². The average molecular weight is 348 g/mol. The second-order valence-corrected chi connectivity index (χ2v) is 5.62. The van der Waals surface area contributed by atoms with Gasteiger partial charge in [0.1, 0.15) is 11.5 Å². The number of rotatable bonds is 9. The van der Waals surface area contributed by atoms with Gasteiger partial charge in [0.05, 0.1) is 11.6 Å². The lowest BCUT2D eigenvalue weighted by molar-refractivity contribution is -0.123. The SMILES string of the molecule is CCOc1ccccc1CCCNC(=O)COc1ccccc1Cl. The number of benzene rings is 2. The predicted molar refractivity (Wildman–Crippen MR) is 95.9 cm³/mol. The Bertz CT molecular complexity index is 661. The van der Waals surface area contributed by atoms with E-state index in [1.807, 2.05) is 43.3 Å². The fourth-order valence-corrected chi connectivity index (χ4v) is 2.46. The maximum atomic E-state index is 11.8. The van der Waals surface area contributed by atoms with Gasteiger partial charge in [0.25, 0.3) is 5.91 Å². The Hall–Kier alpha value is -2.20. The lowest BCUT2D eigenvalue weighted by Crippen LogP contribution is -2.30. The Balaban J connectivity index is 1.69. The molecule has 0 aliphatic heterocycles. The first-order valence-electron chi connectivity index (χ1n) is 8.05. The molecule has 0 saturated heterocycles. The van der Waals surface area contributed by atoms with Crippen LogP contribution in [0, 0.1) is 0 Å². The van der Waals surface area contributed by atoms with Gasteiger partial charge in [0, 0.05) is 6.54 Å². The maximum absolute atomic E-state index is 11.8. The zero-order valence-corrected chi connectivity index (χ0v) is 14.5. The monoisotopic (exact) mass is 347 g/mol. The van der Waals surface area contributed by atoms with E-state index < -0.39 is 0 Å². The number of hydrogen-bond donors (Lipinski definition) is 1. The number of carbonyl (C=O) groups excluding carboxylic acids is 1. The van der Waals surface area contributed by atoms with Crippen LogP contribution < -0.4 is 14.8 Å². The van der Waals surface area contributed by atoms with E-state index in [1.165, 1.54) is 0 Å². The van der Waals surface area contributed by atoms with Gasteiger partial charge >= 0.3 is 0 Å². The van der Waals surface area contributed by atoms with E-state index in [0.29, 0.717) is 23.9 Å². The molecule has 0 aliphatic rings. The number of para-hydroxylation sites is 2. The summed E-state index contributed by atoms with van der Waals surface area (Å²) in [5.74, 6) is 1.27. The molecular formula is C19H22ClNO3. The number of nitrogens with one attached hydrogen (secondary N) is 1. The Labute approximate surface area is 147 Å². The van der Waals surface area contributed by atoms with Gasteiger partial charge in [-0.25, -0.2) is 0 Å². The first kappa shape index (κ1) is 18.1.